The van der Waals surface area contributed by atoms with Gasteiger partial charge in [0.2, 0.25) is 0 Å². The number of rotatable bonds is 2. The van der Waals surface area contributed by atoms with Crippen molar-refractivity contribution in [2.24, 2.45) is 0 Å². The Bertz CT molecular complexity index is 229. The van der Waals surface area contributed by atoms with Crippen LogP contribution in [-0.4, -0.2) is 11.7 Å². The summed E-state index contributed by atoms with van der Waals surface area (Å²) in [6, 6.07) is 1.99. The highest BCUT2D eigenvalue weighted by molar-refractivity contribution is 9.10. The molecule has 0 aliphatic rings. The van der Waals surface area contributed by atoms with Crippen LogP contribution in [0.3, 0.4) is 0 Å². The third-order valence-electron chi connectivity index (χ3n) is 1.02. The van der Waals surface area contributed by atoms with Crippen LogP contribution in [0.2, 0.25) is 0 Å². The molecule has 1 N–H and O–H groups in total. The summed E-state index contributed by atoms with van der Waals surface area (Å²) in [5.41, 5.74) is 0. The van der Waals surface area contributed by atoms with Crippen molar-refractivity contribution < 1.29 is 5.11 Å². The monoisotopic (exact) mass is 218 g/mol. The Morgan fingerprint density at radius 2 is 2.50 bits per heavy atom. The fraction of sp³-hybridized carbons (Fsp3) is 0.143. The van der Waals surface area contributed by atoms with E-state index < -0.39 is 0 Å². The number of aliphatic hydroxyl groups is 1. The molecule has 0 aliphatic carbocycles. The highest BCUT2D eigenvalue weighted by atomic mass is 79.9. The van der Waals surface area contributed by atoms with Crippen LogP contribution >= 0.6 is 27.3 Å². The van der Waals surface area contributed by atoms with Crippen molar-refractivity contribution in [2.75, 3.05) is 6.61 Å². The highest BCUT2D eigenvalue weighted by Gasteiger charge is 1.93. The van der Waals surface area contributed by atoms with Crippen molar-refractivity contribution in [1.29, 1.82) is 0 Å². The van der Waals surface area contributed by atoms with Gasteiger partial charge in [-0.25, -0.2) is 0 Å². The second-order valence-electron chi connectivity index (χ2n) is 1.72. The van der Waals surface area contributed by atoms with E-state index in [-0.39, 0.29) is 6.61 Å². The second kappa shape index (κ2) is 3.91. The Morgan fingerprint density at radius 1 is 1.70 bits per heavy atom. The minimum atomic E-state index is 0.102. The Balaban J connectivity index is 2.74. The van der Waals surface area contributed by atoms with Gasteiger partial charge in [-0.3, -0.25) is 0 Å². The van der Waals surface area contributed by atoms with Crippen molar-refractivity contribution in [1.82, 2.24) is 0 Å². The third kappa shape index (κ3) is 1.94. The predicted molar refractivity (Wildman–Crippen MR) is 48.1 cm³/mol. The lowest BCUT2D eigenvalue weighted by molar-refractivity contribution is 0.343. The standard InChI is InChI=1S/C7H7BrOS/c8-6-3-5-10-7(6)2-1-4-9/h1-3,5,9H,4H2/b2-1+. The zero-order valence-corrected chi connectivity index (χ0v) is 7.65. The summed E-state index contributed by atoms with van der Waals surface area (Å²) in [6.07, 6.45) is 3.62. The fourth-order valence-corrected chi connectivity index (χ4v) is 2.01. The Kier molecular flexibility index (Phi) is 3.12. The molecule has 0 radical (unpaired) electrons. The van der Waals surface area contributed by atoms with E-state index in [1.165, 1.54) is 0 Å². The van der Waals surface area contributed by atoms with Gasteiger partial charge in [-0.1, -0.05) is 6.08 Å². The van der Waals surface area contributed by atoms with Gasteiger partial charge in [0.25, 0.3) is 0 Å². The number of aliphatic hydroxyl groups excluding tert-OH is 1. The van der Waals surface area contributed by atoms with Gasteiger partial charge in [-0.2, -0.15) is 0 Å². The van der Waals surface area contributed by atoms with Crippen LogP contribution in [0.15, 0.2) is 22.0 Å². The minimum absolute atomic E-state index is 0.102. The molecule has 10 heavy (non-hydrogen) atoms. The number of hydrogen-bond donors (Lipinski definition) is 1. The van der Waals surface area contributed by atoms with Crippen LogP contribution in [-0.2, 0) is 0 Å². The topological polar surface area (TPSA) is 20.2 Å². The maximum Gasteiger partial charge on any atom is 0.0615 e. The van der Waals surface area contributed by atoms with Crippen LogP contribution in [0.25, 0.3) is 6.08 Å². The van der Waals surface area contributed by atoms with Crippen molar-refractivity contribution in [3.8, 4) is 0 Å². The largest absolute Gasteiger partial charge is 0.392 e. The number of hydrogen-bond acceptors (Lipinski definition) is 2. The molecule has 0 saturated heterocycles. The number of halogens is 1. The Morgan fingerprint density at radius 3 is 3.00 bits per heavy atom. The fourth-order valence-electron chi connectivity index (χ4n) is 0.584. The van der Waals surface area contributed by atoms with Crippen LogP contribution in [0.5, 0.6) is 0 Å². The van der Waals surface area contributed by atoms with Gasteiger partial charge in [-0.05, 0) is 33.5 Å². The van der Waals surface area contributed by atoms with Crippen molar-refractivity contribution >= 4 is 33.3 Å². The molecule has 0 aliphatic heterocycles. The lowest BCUT2D eigenvalue weighted by Gasteiger charge is -1.84. The van der Waals surface area contributed by atoms with Gasteiger partial charge >= 0.3 is 0 Å². The zero-order valence-electron chi connectivity index (χ0n) is 5.25. The molecule has 0 bridgehead atoms. The summed E-state index contributed by atoms with van der Waals surface area (Å²) in [4.78, 5) is 1.15. The van der Waals surface area contributed by atoms with Crippen LogP contribution in [0.1, 0.15) is 4.88 Å². The summed E-state index contributed by atoms with van der Waals surface area (Å²) in [5, 5.41) is 10.5. The molecule has 1 nitrogen and oxygen atoms in total. The molecule has 0 fully saturated rings. The first-order valence-electron chi connectivity index (χ1n) is 2.85. The van der Waals surface area contributed by atoms with Gasteiger partial charge in [0, 0.05) is 9.35 Å². The maximum absolute atomic E-state index is 8.46. The maximum atomic E-state index is 8.46. The van der Waals surface area contributed by atoms with Crippen LogP contribution in [0, 0.1) is 0 Å². The molecular weight excluding hydrogens is 212 g/mol. The molecule has 54 valence electrons. The van der Waals surface area contributed by atoms with E-state index in [0.717, 1.165) is 9.35 Å². The first kappa shape index (κ1) is 7.98. The highest BCUT2D eigenvalue weighted by Crippen LogP contribution is 2.23. The summed E-state index contributed by atoms with van der Waals surface area (Å²) in [7, 11) is 0. The molecule has 1 heterocycles. The molecule has 0 saturated carbocycles. The normalized spacial score (nSPS) is 11.0. The van der Waals surface area contributed by atoms with E-state index >= 15 is 0 Å². The average Bonchev–Trinajstić information content (AvgIpc) is 2.31. The SMILES string of the molecule is OC/C=C/c1sccc1Br. The van der Waals surface area contributed by atoms with Gasteiger partial charge < -0.3 is 5.11 Å². The molecule has 0 spiro atoms. The summed E-state index contributed by atoms with van der Waals surface area (Å²) in [6.45, 7) is 0.102. The molecule has 0 atom stereocenters. The van der Waals surface area contributed by atoms with Gasteiger partial charge in [0.1, 0.15) is 0 Å². The first-order chi connectivity index (χ1) is 4.84. The average molecular weight is 219 g/mol. The van der Waals surface area contributed by atoms with Crippen molar-refractivity contribution in [3.05, 3.63) is 26.9 Å². The van der Waals surface area contributed by atoms with E-state index in [2.05, 4.69) is 15.9 Å². The quantitative estimate of drug-likeness (QED) is 0.810. The third-order valence-corrected chi connectivity index (χ3v) is 2.86. The molecule has 1 aromatic heterocycles. The summed E-state index contributed by atoms with van der Waals surface area (Å²) in [5.74, 6) is 0. The van der Waals surface area contributed by atoms with Crippen molar-refractivity contribution in [3.63, 3.8) is 0 Å². The second-order valence-corrected chi connectivity index (χ2v) is 3.52. The molecular formula is C7H7BrOS. The Hall–Kier alpha value is -0.120. The molecule has 3 heteroatoms. The van der Waals surface area contributed by atoms with E-state index in [4.69, 9.17) is 5.11 Å². The summed E-state index contributed by atoms with van der Waals surface area (Å²) < 4.78 is 1.09. The van der Waals surface area contributed by atoms with Crippen LogP contribution < -0.4 is 0 Å². The van der Waals surface area contributed by atoms with E-state index in [0.29, 0.717) is 0 Å². The molecule has 1 aromatic rings. The number of thiophene rings is 1. The van der Waals surface area contributed by atoms with E-state index in [1.807, 2.05) is 17.5 Å². The lowest BCUT2D eigenvalue weighted by Crippen LogP contribution is -1.69. The smallest absolute Gasteiger partial charge is 0.0615 e. The zero-order chi connectivity index (χ0) is 7.40. The van der Waals surface area contributed by atoms with E-state index in [9.17, 15) is 0 Å². The predicted octanol–water partition coefficient (Wildman–Crippen LogP) is 2.52. The summed E-state index contributed by atoms with van der Waals surface area (Å²) >= 11 is 5.02. The lowest BCUT2D eigenvalue weighted by atomic mass is 10.4. The molecule has 1 rings (SSSR count). The molecule has 0 amide bonds. The Labute approximate surface area is 72.1 Å². The van der Waals surface area contributed by atoms with Crippen molar-refractivity contribution in [2.45, 2.75) is 0 Å². The first-order valence-corrected chi connectivity index (χ1v) is 4.52. The minimum Gasteiger partial charge on any atom is -0.392 e. The van der Waals surface area contributed by atoms with Gasteiger partial charge in [0.15, 0.2) is 0 Å². The molecule has 0 aromatic carbocycles. The molecule has 0 unspecified atom stereocenters. The van der Waals surface area contributed by atoms with Gasteiger partial charge in [-0.15, -0.1) is 11.3 Å². The van der Waals surface area contributed by atoms with E-state index in [1.54, 1.807) is 17.4 Å². The van der Waals surface area contributed by atoms with Crippen LogP contribution in [0.4, 0.5) is 0 Å². The van der Waals surface area contributed by atoms with Gasteiger partial charge in [0.05, 0.1) is 6.61 Å².